The molecule has 0 aliphatic heterocycles. The van der Waals surface area contributed by atoms with E-state index in [0.717, 1.165) is 0 Å². The van der Waals surface area contributed by atoms with E-state index < -0.39 is 4.92 Å². The van der Waals surface area contributed by atoms with Crippen LogP contribution in [0.5, 0.6) is 0 Å². The van der Waals surface area contributed by atoms with Gasteiger partial charge in [-0.05, 0) is 30.2 Å². The van der Waals surface area contributed by atoms with Crippen LogP contribution in [0.3, 0.4) is 0 Å². The minimum absolute atomic E-state index is 0.126. The molecule has 0 N–H and O–H groups in total. The van der Waals surface area contributed by atoms with Crippen molar-refractivity contribution in [2.24, 2.45) is 0 Å². The first-order valence-electron chi connectivity index (χ1n) is 4.65. The number of halogens is 1. The van der Waals surface area contributed by atoms with Crippen molar-refractivity contribution >= 4 is 6.08 Å². The monoisotopic (exact) mass is 209 g/mol. The van der Waals surface area contributed by atoms with Crippen LogP contribution in [0, 0.1) is 22.9 Å². The van der Waals surface area contributed by atoms with E-state index in [1.54, 1.807) is 19.9 Å². The first kappa shape index (κ1) is 11.4. The van der Waals surface area contributed by atoms with Crippen molar-refractivity contribution in [3.8, 4) is 0 Å². The van der Waals surface area contributed by atoms with Gasteiger partial charge in [-0.15, -0.1) is 0 Å². The van der Waals surface area contributed by atoms with Gasteiger partial charge in [-0.25, -0.2) is 4.39 Å². The summed E-state index contributed by atoms with van der Waals surface area (Å²) in [7, 11) is 0. The summed E-state index contributed by atoms with van der Waals surface area (Å²) in [5.41, 5.74) is 1.27. The molecule has 4 heteroatoms. The highest BCUT2D eigenvalue weighted by atomic mass is 19.1. The van der Waals surface area contributed by atoms with Gasteiger partial charge in [0, 0.05) is 12.5 Å². The van der Waals surface area contributed by atoms with Crippen molar-refractivity contribution < 1.29 is 9.31 Å². The summed E-state index contributed by atoms with van der Waals surface area (Å²) in [6, 6.07) is 4.43. The third-order valence-electron chi connectivity index (χ3n) is 2.11. The Balaban J connectivity index is 3.07. The van der Waals surface area contributed by atoms with Crippen LogP contribution in [0.25, 0.3) is 6.08 Å². The third kappa shape index (κ3) is 2.87. The lowest BCUT2D eigenvalue weighted by Gasteiger charge is -1.99. The summed E-state index contributed by atoms with van der Waals surface area (Å²) >= 11 is 0. The molecule has 0 radical (unpaired) electrons. The van der Waals surface area contributed by atoms with Gasteiger partial charge in [0.05, 0.1) is 4.92 Å². The van der Waals surface area contributed by atoms with Crippen molar-refractivity contribution in [3.05, 3.63) is 51.0 Å². The summed E-state index contributed by atoms with van der Waals surface area (Å²) in [5.74, 6) is -0.300. The zero-order valence-corrected chi connectivity index (χ0v) is 8.66. The van der Waals surface area contributed by atoms with Crippen LogP contribution >= 0.6 is 0 Å². The number of rotatable bonds is 3. The summed E-state index contributed by atoms with van der Waals surface area (Å²) in [6.07, 6.45) is 1.82. The van der Waals surface area contributed by atoms with E-state index >= 15 is 0 Å². The average Bonchev–Trinajstić information content (AvgIpc) is 2.19. The first-order valence-corrected chi connectivity index (χ1v) is 4.65. The van der Waals surface area contributed by atoms with E-state index in [4.69, 9.17) is 0 Å². The molecule has 0 heterocycles. The predicted octanol–water partition coefficient (Wildman–Crippen LogP) is 3.16. The standard InChI is InChI=1S/C11H12FNO2/c1-3-10(13(14)15)7-9-4-5-11(12)8(2)6-9/h4-7H,3H2,1-2H3/b10-7-. The minimum atomic E-state index is -0.418. The van der Waals surface area contributed by atoms with Gasteiger partial charge in [0.25, 0.3) is 0 Å². The highest BCUT2D eigenvalue weighted by molar-refractivity contribution is 5.52. The van der Waals surface area contributed by atoms with Crippen LogP contribution in [0.2, 0.25) is 0 Å². The van der Waals surface area contributed by atoms with Gasteiger partial charge in [-0.1, -0.05) is 13.0 Å². The average molecular weight is 209 g/mol. The van der Waals surface area contributed by atoms with Gasteiger partial charge in [-0.2, -0.15) is 0 Å². The molecule has 0 aliphatic carbocycles. The fraction of sp³-hybridized carbons (Fsp3) is 0.273. The molecule has 3 nitrogen and oxygen atoms in total. The van der Waals surface area contributed by atoms with Crippen LogP contribution in [0.1, 0.15) is 24.5 Å². The molecular formula is C11H12FNO2. The first-order chi connectivity index (χ1) is 7.04. The van der Waals surface area contributed by atoms with Crippen molar-refractivity contribution in [3.63, 3.8) is 0 Å². The van der Waals surface area contributed by atoms with Gasteiger partial charge >= 0.3 is 0 Å². The number of nitrogens with zero attached hydrogens (tertiary/aromatic N) is 1. The van der Waals surface area contributed by atoms with Crippen LogP contribution in [-0.2, 0) is 0 Å². The normalized spacial score (nSPS) is 11.5. The van der Waals surface area contributed by atoms with E-state index in [9.17, 15) is 14.5 Å². The molecule has 0 fully saturated rings. The molecular weight excluding hydrogens is 197 g/mol. The van der Waals surface area contributed by atoms with Crippen molar-refractivity contribution in [1.82, 2.24) is 0 Å². The van der Waals surface area contributed by atoms with Crippen molar-refractivity contribution in [2.45, 2.75) is 20.3 Å². The number of benzene rings is 1. The molecule has 0 saturated heterocycles. The topological polar surface area (TPSA) is 43.1 Å². The lowest BCUT2D eigenvalue weighted by molar-refractivity contribution is -0.425. The van der Waals surface area contributed by atoms with E-state index in [-0.39, 0.29) is 11.5 Å². The fourth-order valence-electron chi connectivity index (χ4n) is 1.23. The van der Waals surface area contributed by atoms with Gasteiger partial charge in [0.15, 0.2) is 0 Å². The number of nitro groups is 1. The molecule has 15 heavy (non-hydrogen) atoms. The summed E-state index contributed by atoms with van der Waals surface area (Å²) in [6.45, 7) is 3.34. The third-order valence-corrected chi connectivity index (χ3v) is 2.11. The zero-order valence-electron chi connectivity index (χ0n) is 8.66. The van der Waals surface area contributed by atoms with Gasteiger partial charge in [-0.3, -0.25) is 10.1 Å². The molecule has 0 aliphatic rings. The maximum absolute atomic E-state index is 12.9. The van der Waals surface area contributed by atoms with Gasteiger partial charge in [0.1, 0.15) is 5.82 Å². The zero-order chi connectivity index (χ0) is 11.4. The second-order valence-corrected chi connectivity index (χ2v) is 3.25. The molecule has 0 aromatic heterocycles. The Bertz CT molecular complexity index is 413. The summed E-state index contributed by atoms with van der Waals surface area (Å²) in [4.78, 5) is 10.1. The Morgan fingerprint density at radius 3 is 2.73 bits per heavy atom. The Kier molecular flexibility index (Phi) is 3.55. The number of allylic oxidation sites excluding steroid dienone is 1. The van der Waals surface area contributed by atoms with Crippen LogP contribution < -0.4 is 0 Å². The van der Waals surface area contributed by atoms with Gasteiger partial charge in [0.2, 0.25) is 5.70 Å². The quantitative estimate of drug-likeness (QED) is 0.566. The molecule has 0 spiro atoms. The fourth-order valence-corrected chi connectivity index (χ4v) is 1.23. The highest BCUT2D eigenvalue weighted by Gasteiger charge is 2.07. The maximum Gasteiger partial charge on any atom is 0.246 e. The Morgan fingerprint density at radius 2 is 2.27 bits per heavy atom. The highest BCUT2D eigenvalue weighted by Crippen LogP contribution is 2.14. The molecule has 1 aromatic carbocycles. The lowest BCUT2D eigenvalue weighted by atomic mass is 10.1. The van der Waals surface area contributed by atoms with E-state index in [0.29, 0.717) is 17.5 Å². The number of hydrogen-bond acceptors (Lipinski definition) is 2. The molecule has 0 bridgehead atoms. The predicted molar refractivity (Wildman–Crippen MR) is 56.4 cm³/mol. The molecule has 0 amide bonds. The molecule has 80 valence electrons. The van der Waals surface area contributed by atoms with Crippen LogP contribution in [-0.4, -0.2) is 4.92 Å². The van der Waals surface area contributed by atoms with E-state index in [1.807, 2.05) is 0 Å². The maximum atomic E-state index is 12.9. The summed E-state index contributed by atoms with van der Waals surface area (Å²) < 4.78 is 12.9. The van der Waals surface area contributed by atoms with E-state index in [2.05, 4.69) is 0 Å². The second-order valence-electron chi connectivity index (χ2n) is 3.25. The largest absolute Gasteiger partial charge is 0.259 e. The Labute approximate surface area is 87.4 Å². The number of hydrogen-bond donors (Lipinski definition) is 0. The molecule has 0 saturated carbocycles. The smallest absolute Gasteiger partial charge is 0.246 e. The molecule has 0 unspecified atom stereocenters. The number of aryl methyl sites for hydroxylation is 1. The Hall–Kier alpha value is -1.71. The van der Waals surface area contributed by atoms with Crippen LogP contribution in [0.4, 0.5) is 4.39 Å². The molecule has 1 aromatic rings. The molecule has 1 rings (SSSR count). The SMILES string of the molecule is CC/C(=C/c1ccc(F)c(C)c1)[N+](=O)[O-]. The van der Waals surface area contributed by atoms with E-state index in [1.165, 1.54) is 18.2 Å². The summed E-state index contributed by atoms with van der Waals surface area (Å²) in [5, 5.41) is 10.5. The second kappa shape index (κ2) is 4.68. The van der Waals surface area contributed by atoms with Gasteiger partial charge < -0.3 is 0 Å². The lowest BCUT2D eigenvalue weighted by Crippen LogP contribution is -1.96. The van der Waals surface area contributed by atoms with Crippen molar-refractivity contribution in [1.29, 1.82) is 0 Å². The molecule has 0 atom stereocenters. The minimum Gasteiger partial charge on any atom is -0.259 e. The van der Waals surface area contributed by atoms with Crippen molar-refractivity contribution in [2.75, 3.05) is 0 Å². The van der Waals surface area contributed by atoms with Crippen LogP contribution in [0.15, 0.2) is 23.9 Å². The Morgan fingerprint density at radius 1 is 1.60 bits per heavy atom.